The van der Waals surface area contributed by atoms with Crippen LogP contribution >= 0.6 is 0 Å². The van der Waals surface area contributed by atoms with Crippen LogP contribution in [0.25, 0.3) is 0 Å². The summed E-state index contributed by atoms with van der Waals surface area (Å²) in [7, 11) is 4.08. The maximum atomic E-state index is 14.9. The number of hydrogen-bond acceptors (Lipinski definition) is 5. The number of carbonyl (C=O) groups is 2. The molecule has 2 fully saturated rings. The van der Waals surface area contributed by atoms with Crippen molar-refractivity contribution < 1.29 is 23.6 Å². The van der Waals surface area contributed by atoms with E-state index in [1.54, 1.807) is 31.2 Å². The van der Waals surface area contributed by atoms with Gasteiger partial charge in [0.1, 0.15) is 17.1 Å². The molecule has 0 aromatic heterocycles. The molecule has 2 aliphatic rings. The van der Waals surface area contributed by atoms with Gasteiger partial charge in [-0.25, -0.2) is 13.7 Å². The van der Waals surface area contributed by atoms with E-state index in [-0.39, 0.29) is 39.6 Å². The van der Waals surface area contributed by atoms with Crippen LogP contribution in [0.3, 0.4) is 0 Å². The van der Waals surface area contributed by atoms with Gasteiger partial charge in [-0.1, -0.05) is 24.3 Å². The van der Waals surface area contributed by atoms with Gasteiger partial charge < -0.3 is 15.3 Å². The van der Waals surface area contributed by atoms with Crippen LogP contribution in [0.1, 0.15) is 73.4 Å². The lowest BCUT2D eigenvalue weighted by Crippen LogP contribution is -2.70. The first-order chi connectivity index (χ1) is 18.5. The van der Waals surface area contributed by atoms with Crippen molar-refractivity contribution in [2.75, 3.05) is 40.3 Å². The maximum Gasteiger partial charge on any atom is 0.319 e. The Labute approximate surface area is 232 Å². The first-order valence-electron chi connectivity index (χ1n) is 14.4. The number of Topliss-reactive ketones (excluding diaryl/α,β-unsaturated/α-hetero) is 1. The van der Waals surface area contributed by atoms with Crippen molar-refractivity contribution in [3.8, 4) is 5.75 Å². The van der Waals surface area contributed by atoms with Gasteiger partial charge in [0.2, 0.25) is 5.78 Å². The van der Waals surface area contributed by atoms with E-state index in [0.717, 1.165) is 44.3 Å². The number of phenols is 1. The molecule has 2 N–H and O–H groups in total. The number of piperidine rings is 1. The molecule has 2 heterocycles. The second kappa shape index (κ2) is 11.9. The second-order valence-electron chi connectivity index (χ2n) is 12.4. The van der Waals surface area contributed by atoms with E-state index in [1.807, 2.05) is 20.2 Å². The molecule has 2 saturated heterocycles. The van der Waals surface area contributed by atoms with E-state index in [4.69, 9.17) is 0 Å². The lowest BCUT2D eigenvalue weighted by Gasteiger charge is -2.48. The van der Waals surface area contributed by atoms with Crippen LogP contribution in [0.15, 0.2) is 42.5 Å². The Kier molecular flexibility index (Phi) is 8.94. The van der Waals surface area contributed by atoms with Gasteiger partial charge in [-0.3, -0.25) is 4.79 Å². The number of hydrogen-bond donors (Lipinski definition) is 2. The number of rotatable bonds is 9. The normalized spacial score (nSPS) is 26.6. The molecule has 0 spiro atoms. The summed E-state index contributed by atoms with van der Waals surface area (Å²) in [6.07, 6.45) is 4.03. The van der Waals surface area contributed by atoms with Gasteiger partial charge in [-0.15, -0.1) is 0 Å². The number of ketones is 1. The number of phenolic OH excluding ortho intramolecular Hbond substituents is 1. The number of nitrogens with zero attached hydrogens (tertiary/aromatic N) is 2. The van der Waals surface area contributed by atoms with E-state index in [9.17, 15) is 19.1 Å². The lowest BCUT2D eigenvalue weighted by molar-refractivity contribution is -0.905. The Morgan fingerprint density at radius 3 is 2.56 bits per heavy atom. The first kappa shape index (κ1) is 29.4. The Bertz CT molecular complexity index is 1190. The molecular weight excluding hydrogens is 493 g/mol. The minimum atomic E-state index is -0.712. The summed E-state index contributed by atoms with van der Waals surface area (Å²) in [6.45, 7) is 8.96. The van der Waals surface area contributed by atoms with Gasteiger partial charge >= 0.3 is 5.91 Å². The third-order valence-electron chi connectivity index (χ3n) is 9.17. The van der Waals surface area contributed by atoms with Gasteiger partial charge in [0.25, 0.3) is 0 Å². The van der Waals surface area contributed by atoms with Crippen molar-refractivity contribution in [1.29, 1.82) is 0 Å². The van der Waals surface area contributed by atoms with Crippen molar-refractivity contribution in [2.24, 2.45) is 5.92 Å². The zero-order chi connectivity index (χ0) is 28.4. The summed E-state index contributed by atoms with van der Waals surface area (Å²) in [5, 5.41) is 13.7. The minimum absolute atomic E-state index is 0.0171. The van der Waals surface area contributed by atoms with Crippen molar-refractivity contribution in [3.05, 3.63) is 65.0 Å². The molecule has 4 rings (SSSR count). The summed E-state index contributed by atoms with van der Waals surface area (Å²) in [4.78, 5) is 31.6. The van der Waals surface area contributed by atoms with Crippen LogP contribution in [-0.4, -0.2) is 78.0 Å². The Morgan fingerprint density at radius 2 is 1.90 bits per heavy atom. The van der Waals surface area contributed by atoms with Crippen LogP contribution in [0.5, 0.6) is 5.75 Å². The first-order valence-corrected chi connectivity index (χ1v) is 14.4. The highest BCUT2D eigenvalue weighted by Gasteiger charge is 2.67. The largest absolute Gasteiger partial charge is 0.508 e. The molecule has 0 radical (unpaired) electrons. The molecule has 1 unspecified atom stereocenters. The number of unbranched alkanes of at least 4 members (excludes halogenated alkanes) is 1. The minimum Gasteiger partial charge on any atom is -0.508 e. The molecule has 2 aromatic carbocycles. The van der Waals surface area contributed by atoms with E-state index in [0.29, 0.717) is 30.6 Å². The Hall–Kier alpha value is -2.61. The van der Waals surface area contributed by atoms with Crippen molar-refractivity contribution in [1.82, 2.24) is 10.2 Å². The number of amides is 1. The monoisotopic (exact) mass is 538 g/mol. The van der Waals surface area contributed by atoms with Gasteiger partial charge in [0.15, 0.2) is 6.04 Å². The molecule has 1 amide bonds. The molecule has 6 nitrogen and oxygen atoms in total. The summed E-state index contributed by atoms with van der Waals surface area (Å²) >= 11 is 0. The number of likely N-dealkylation sites (tertiary alicyclic amines) is 1. The van der Waals surface area contributed by atoms with Crippen LogP contribution < -0.4 is 5.32 Å². The SMILES string of the molecule is Cc1c(F)cccc1[C@H]1CC(C)(C)[N+](CCCCN(C)C)(C(=O)[C@H]2CCCNC2)[C@H]1C(=O)c1cccc(O)c1. The number of carbonyl (C=O) groups excluding carboxylic acids is 2. The standard InChI is InChI=1S/C32H44FN3O3/c1-22-26(14-9-15-28(22)33)27-20-32(2,3)36(18-7-6-17-35(4)5,31(39)24-12-10-16-34-21-24)29(27)30(38)23-11-8-13-25(37)19-23/h8-9,11,13-15,19,24,27,29,34H,6-7,10,12,16-18,20-21H2,1-5H3/p+1/t24-,27+,29+,36?/m0/s1. The molecule has 212 valence electrons. The summed E-state index contributed by atoms with van der Waals surface area (Å²) < 4.78 is 14.9. The van der Waals surface area contributed by atoms with E-state index in [2.05, 4.69) is 24.1 Å². The molecule has 0 aliphatic carbocycles. The fourth-order valence-corrected chi connectivity index (χ4v) is 7.18. The average molecular weight is 539 g/mol. The highest BCUT2D eigenvalue weighted by molar-refractivity contribution is 6.01. The molecule has 7 heteroatoms. The van der Waals surface area contributed by atoms with E-state index >= 15 is 0 Å². The number of halogens is 1. The molecule has 39 heavy (non-hydrogen) atoms. The zero-order valence-electron chi connectivity index (χ0n) is 24.2. The molecule has 4 atom stereocenters. The topological polar surface area (TPSA) is 69.6 Å². The fraction of sp³-hybridized carbons (Fsp3) is 0.562. The second-order valence-corrected chi connectivity index (χ2v) is 12.4. The number of benzene rings is 2. The summed E-state index contributed by atoms with van der Waals surface area (Å²) in [6, 6.07) is 10.8. The smallest absolute Gasteiger partial charge is 0.319 e. The van der Waals surface area contributed by atoms with Crippen molar-refractivity contribution in [2.45, 2.75) is 70.4 Å². The molecule has 0 saturated carbocycles. The molecule has 0 bridgehead atoms. The van der Waals surface area contributed by atoms with Crippen LogP contribution in [-0.2, 0) is 4.79 Å². The molecular formula is C32H45FN3O3+. The predicted molar refractivity (Wildman–Crippen MR) is 152 cm³/mol. The van der Waals surface area contributed by atoms with Gasteiger partial charge in [0, 0.05) is 18.5 Å². The quantitative estimate of drug-likeness (QED) is 0.266. The molecule has 2 aliphatic heterocycles. The average Bonchev–Trinajstić information content (AvgIpc) is 3.14. The van der Waals surface area contributed by atoms with Gasteiger partial charge in [-0.05, 0) is 103 Å². The Balaban J connectivity index is 1.91. The maximum absolute atomic E-state index is 14.9. The number of quaternary nitrogens is 1. The number of aromatic hydroxyl groups is 1. The van der Waals surface area contributed by atoms with Gasteiger partial charge in [-0.2, -0.15) is 0 Å². The molecule has 2 aromatic rings. The zero-order valence-corrected chi connectivity index (χ0v) is 24.2. The van der Waals surface area contributed by atoms with Crippen molar-refractivity contribution in [3.63, 3.8) is 0 Å². The number of nitrogens with one attached hydrogen (secondary N) is 1. The van der Waals surface area contributed by atoms with Crippen molar-refractivity contribution >= 4 is 11.7 Å². The third-order valence-corrected chi connectivity index (χ3v) is 9.17. The highest BCUT2D eigenvalue weighted by Crippen LogP contribution is 2.53. The third kappa shape index (κ3) is 5.67. The van der Waals surface area contributed by atoms with E-state index < -0.39 is 11.6 Å². The van der Waals surface area contributed by atoms with Gasteiger partial charge in [0.05, 0.1) is 18.4 Å². The Morgan fingerprint density at radius 1 is 1.15 bits per heavy atom. The summed E-state index contributed by atoms with van der Waals surface area (Å²) in [5.41, 5.74) is 1.17. The van der Waals surface area contributed by atoms with Crippen LogP contribution in [0.2, 0.25) is 0 Å². The predicted octanol–water partition coefficient (Wildman–Crippen LogP) is 5.04. The summed E-state index contributed by atoms with van der Waals surface area (Å²) in [5.74, 6) is -0.836. The van der Waals surface area contributed by atoms with Crippen LogP contribution in [0, 0.1) is 18.7 Å². The van der Waals surface area contributed by atoms with E-state index in [1.165, 1.54) is 12.1 Å². The lowest BCUT2D eigenvalue weighted by atomic mass is 9.83. The van der Waals surface area contributed by atoms with Crippen LogP contribution in [0.4, 0.5) is 4.39 Å². The fourth-order valence-electron chi connectivity index (χ4n) is 7.18. The highest BCUT2D eigenvalue weighted by atomic mass is 19.1.